The molecule has 2 aliphatic heterocycles. The van der Waals surface area contributed by atoms with Crippen molar-refractivity contribution >= 4 is 22.6 Å². The van der Waals surface area contributed by atoms with E-state index < -0.39 is 5.82 Å². The molecule has 3 heterocycles. The van der Waals surface area contributed by atoms with Crippen LogP contribution >= 0.6 is 0 Å². The monoisotopic (exact) mass is 500 g/mol. The lowest BCUT2D eigenvalue weighted by Gasteiger charge is -2.56. The third-order valence-electron chi connectivity index (χ3n) is 7.60. The van der Waals surface area contributed by atoms with Gasteiger partial charge in [-0.15, -0.1) is 0 Å². The Morgan fingerprint density at radius 3 is 2.65 bits per heavy atom. The SMILES string of the molecule is COc1ccc2c3c([nH]c2c1)[C@@H](CO)N(Cc1ccccc1)CC31CN(C(=O)Nc2cccc(F)c2)C1. The predicted molar refractivity (Wildman–Crippen MR) is 140 cm³/mol. The van der Waals surface area contributed by atoms with Gasteiger partial charge in [0.25, 0.3) is 0 Å². The molecule has 3 N–H and O–H groups in total. The number of halogens is 1. The number of hydrogen-bond acceptors (Lipinski definition) is 4. The van der Waals surface area contributed by atoms with Gasteiger partial charge in [0.2, 0.25) is 0 Å². The normalized spacial score (nSPS) is 18.5. The maximum atomic E-state index is 13.6. The molecule has 1 spiro atoms. The van der Waals surface area contributed by atoms with Crippen LogP contribution < -0.4 is 10.1 Å². The molecular formula is C29H29FN4O3. The molecule has 1 saturated heterocycles. The Hall–Kier alpha value is -3.88. The summed E-state index contributed by atoms with van der Waals surface area (Å²) < 4.78 is 19.1. The number of aliphatic hydroxyl groups is 1. The van der Waals surface area contributed by atoms with E-state index in [9.17, 15) is 14.3 Å². The van der Waals surface area contributed by atoms with Crippen molar-refractivity contribution in [3.63, 3.8) is 0 Å². The summed E-state index contributed by atoms with van der Waals surface area (Å²) in [7, 11) is 1.64. The van der Waals surface area contributed by atoms with Gasteiger partial charge in [0.15, 0.2) is 0 Å². The van der Waals surface area contributed by atoms with Gasteiger partial charge in [-0.1, -0.05) is 36.4 Å². The number of aliphatic hydroxyl groups excluding tert-OH is 1. The Balaban J connectivity index is 1.35. The van der Waals surface area contributed by atoms with Crippen molar-refractivity contribution in [2.45, 2.75) is 18.0 Å². The highest BCUT2D eigenvalue weighted by Crippen LogP contribution is 2.49. The van der Waals surface area contributed by atoms with Crippen LogP contribution in [-0.4, -0.2) is 59.3 Å². The van der Waals surface area contributed by atoms with Crippen LogP contribution in [0.5, 0.6) is 5.75 Å². The lowest BCUT2D eigenvalue weighted by Crippen LogP contribution is -2.68. The van der Waals surface area contributed by atoms with Crippen molar-refractivity contribution in [3.05, 3.63) is 95.4 Å². The maximum Gasteiger partial charge on any atom is 0.321 e. The number of anilines is 1. The zero-order chi connectivity index (χ0) is 25.6. The summed E-state index contributed by atoms with van der Waals surface area (Å²) in [6.07, 6.45) is 0. The standard InChI is InChI=1S/C29H29FN4O3/c1-37-22-10-11-23-24(13-22)32-27-25(15-35)33(14-19-6-3-2-4-7-19)16-29(26(23)27)17-34(18-29)28(36)31-21-9-5-8-20(30)12-21/h2-13,25,32,35H,14-18H2,1H3,(H,31,36)/t25-/m1/s1. The summed E-state index contributed by atoms with van der Waals surface area (Å²) in [6.45, 7) is 2.39. The maximum absolute atomic E-state index is 13.6. The first-order valence-corrected chi connectivity index (χ1v) is 12.4. The molecule has 2 amide bonds. The molecule has 6 rings (SSSR count). The van der Waals surface area contributed by atoms with E-state index in [0.717, 1.165) is 33.5 Å². The summed E-state index contributed by atoms with van der Waals surface area (Å²) in [5.41, 5.74) is 4.38. The summed E-state index contributed by atoms with van der Waals surface area (Å²) in [4.78, 5) is 20.7. The van der Waals surface area contributed by atoms with Gasteiger partial charge in [-0.05, 0) is 41.5 Å². The summed E-state index contributed by atoms with van der Waals surface area (Å²) in [6, 6.07) is 21.7. The number of rotatable bonds is 5. The highest BCUT2D eigenvalue weighted by molar-refractivity contribution is 5.92. The molecule has 4 aromatic rings. The molecule has 1 fully saturated rings. The number of likely N-dealkylation sites (tertiary alicyclic amines) is 1. The molecule has 2 aliphatic rings. The van der Waals surface area contributed by atoms with Crippen molar-refractivity contribution in [1.82, 2.24) is 14.8 Å². The molecule has 3 aromatic carbocycles. The Morgan fingerprint density at radius 2 is 1.92 bits per heavy atom. The molecule has 1 aromatic heterocycles. The summed E-state index contributed by atoms with van der Waals surface area (Å²) in [5.74, 6) is 0.363. The van der Waals surface area contributed by atoms with Crippen molar-refractivity contribution in [3.8, 4) is 5.75 Å². The molecule has 0 radical (unpaired) electrons. The third kappa shape index (κ3) is 4.12. The third-order valence-corrected chi connectivity index (χ3v) is 7.60. The fraction of sp³-hybridized carbons (Fsp3) is 0.276. The number of hydrogen-bond donors (Lipinski definition) is 3. The smallest absolute Gasteiger partial charge is 0.321 e. The average molecular weight is 501 g/mol. The van der Waals surface area contributed by atoms with Crippen molar-refractivity contribution in [2.75, 3.05) is 38.7 Å². The van der Waals surface area contributed by atoms with E-state index in [1.165, 1.54) is 12.1 Å². The number of methoxy groups -OCH3 is 1. The number of ether oxygens (including phenoxy) is 1. The highest BCUT2D eigenvalue weighted by atomic mass is 19.1. The molecule has 8 heteroatoms. The van der Waals surface area contributed by atoms with E-state index >= 15 is 0 Å². The van der Waals surface area contributed by atoms with Crippen LogP contribution in [0, 0.1) is 5.82 Å². The largest absolute Gasteiger partial charge is 0.497 e. The fourth-order valence-electron chi connectivity index (χ4n) is 5.95. The lowest BCUT2D eigenvalue weighted by atomic mass is 9.68. The van der Waals surface area contributed by atoms with Gasteiger partial charge in [-0.2, -0.15) is 0 Å². The first-order valence-electron chi connectivity index (χ1n) is 12.4. The van der Waals surface area contributed by atoms with E-state index in [2.05, 4.69) is 33.4 Å². The molecular weight excluding hydrogens is 471 g/mol. The number of aromatic nitrogens is 1. The Morgan fingerprint density at radius 1 is 1.11 bits per heavy atom. The number of carbonyl (C=O) groups is 1. The number of nitrogens with zero attached hydrogens (tertiary/aromatic N) is 2. The number of nitrogens with one attached hydrogen (secondary N) is 2. The van der Waals surface area contributed by atoms with E-state index in [0.29, 0.717) is 31.9 Å². The molecule has 0 bridgehead atoms. The Kier molecular flexibility index (Phi) is 5.85. The van der Waals surface area contributed by atoms with Gasteiger partial charge in [0.05, 0.1) is 19.8 Å². The molecule has 0 saturated carbocycles. The van der Waals surface area contributed by atoms with Gasteiger partial charge in [0.1, 0.15) is 11.6 Å². The van der Waals surface area contributed by atoms with Crippen LogP contribution in [-0.2, 0) is 12.0 Å². The van der Waals surface area contributed by atoms with Crippen LogP contribution in [0.2, 0.25) is 0 Å². The van der Waals surface area contributed by atoms with Gasteiger partial charge in [-0.3, -0.25) is 4.90 Å². The number of aromatic amines is 1. The summed E-state index contributed by atoms with van der Waals surface area (Å²) in [5, 5.41) is 14.4. The van der Waals surface area contributed by atoms with Gasteiger partial charge >= 0.3 is 6.03 Å². The number of amides is 2. The second kappa shape index (κ2) is 9.21. The van der Waals surface area contributed by atoms with Gasteiger partial charge < -0.3 is 25.0 Å². The fourth-order valence-corrected chi connectivity index (χ4v) is 5.95. The molecule has 1 atom stereocenters. The lowest BCUT2D eigenvalue weighted by molar-refractivity contribution is 0.0124. The quantitative estimate of drug-likeness (QED) is 0.373. The Bertz CT molecular complexity index is 1450. The Labute approximate surface area is 214 Å². The van der Waals surface area contributed by atoms with E-state index in [-0.39, 0.29) is 24.1 Å². The second-order valence-corrected chi connectivity index (χ2v) is 9.99. The number of fused-ring (bicyclic) bond motifs is 4. The predicted octanol–water partition coefficient (Wildman–Crippen LogP) is 4.65. The van der Waals surface area contributed by atoms with Crippen LogP contribution in [0.1, 0.15) is 22.9 Å². The molecule has 0 unspecified atom stereocenters. The van der Waals surface area contributed by atoms with Crippen molar-refractivity contribution in [2.24, 2.45) is 0 Å². The number of H-pyrrole nitrogens is 1. The highest BCUT2D eigenvalue weighted by Gasteiger charge is 2.54. The number of carbonyl (C=O) groups excluding carboxylic acids is 1. The molecule has 7 nitrogen and oxygen atoms in total. The average Bonchev–Trinajstić information content (AvgIpc) is 3.26. The molecule has 190 valence electrons. The molecule has 0 aliphatic carbocycles. The zero-order valence-corrected chi connectivity index (χ0v) is 20.6. The van der Waals surface area contributed by atoms with E-state index in [4.69, 9.17) is 4.74 Å². The van der Waals surface area contributed by atoms with E-state index in [1.807, 2.05) is 30.3 Å². The van der Waals surface area contributed by atoms with Crippen molar-refractivity contribution in [1.29, 1.82) is 0 Å². The minimum atomic E-state index is -0.393. The minimum absolute atomic E-state index is 0.0242. The first-order chi connectivity index (χ1) is 18.0. The van der Waals surface area contributed by atoms with Crippen molar-refractivity contribution < 1.29 is 19.0 Å². The first kappa shape index (κ1) is 23.5. The topological polar surface area (TPSA) is 80.8 Å². The summed E-state index contributed by atoms with van der Waals surface area (Å²) >= 11 is 0. The second-order valence-electron chi connectivity index (χ2n) is 9.99. The number of urea groups is 1. The van der Waals surface area contributed by atoms with Crippen LogP contribution in [0.4, 0.5) is 14.9 Å². The van der Waals surface area contributed by atoms with Crippen LogP contribution in [0.15, 0.2) is 72.8 Å². The van der Waals surface area contributed by atoms with Crippen LogP contribution in [0.3, 0.4) is 0 Å². The zero-order valence-electron chi connectivity index (χ0n) is 20.6. The molecule has 37 heavy (non-hydrogen) atoms. The van der Waals surface area contributed by atoms with E-state index in [1.54, 1.807) is 24.1 Å². The minimum Gasteiger partial charge on any atom is -0.497 e. The van der Waals surface area contributed by atoms with Gasteiger partial charge in [-0.25, -0.2) is 9.18 Å². The number of benzene rings is 3. The van der Waals surface area contributed by atoms with Gasteiger partial charge in [0, 0.05) is 59.9 Å². The van der Waals surface area contributed by atoms with Crippen LogP contribution in [0.25, 0.3) is 10.9 Å².